The van der Waals surface area contributed by atoms with Crippen LogP contribution in [-0.2, 0) is 16.7 Å². The van der Waals surface area contributed by atoms with Crippen molar-refractivity contribution in [3.63, 3.8) is 0 Å². The van der Waals surface area contributed by atoms with Crippen LogP contribution in [-0.4, -0.2) is 29.6 Å². The fourth-order valence-electron chi connectivity index (χ4n) is 4.02. The number of aliphatic imine (C=N–C) groups is 1. The van der Waals surface area contributed by atoms with Crippen LogP contribution in [0.2, 0.25) is 0 Å². The number of fused-ring (bicyclic) bond motifs is 1. The monoisotopic (exact) mass is 421 g/mol. The molecule has 2 heterocycles. The van der Waals surface area contributed by atoms with E-state index in [4.69, 9.17) is 10.5 Å². The Bertz CT molecular complexity index is 1040. The Kier molecular flexibility index (Phi) is 4.99. The molecule has 0 amide bonds. The minimum absolute atomic E-state index is 0.0202. The van der Waals surface area contributed by atoms with Gasteiger partial charge in [0, 0.05) is 29.7 Å². The molecule has 1 saturated carbocycles. The first-order valence-electron chi connectivity index (χ1n) is 9.40. The largest absolute Gasteiger partial charge is 0.462 e. The standard InChI is InChI=1S/C21H19F4N3O2/c1-10-4-12(19(24)25)8-27-18(10)16(29)6-11-2-3-15(23)13(5-11)21(9-22)14-7-17(14)30-20(26)28-21/h2-5,8,14,17,19H,6-7,9H2,1H3,(H2,26,28)/t14-,17+,21+/m0/s1. The second-order valence-corrected chi connectivity index (χ2v) is 7.66. The first-order valence-corrected chi connectivity index (χ1v) is 9.40. The molecule has 5 nitrogen and oxygen atoms in total. The summed E-state index contributed by atoms with van der Waals surface area (Å²) in [4.78, 5) is 20.6. The van der Waals surface area contributed by atoms with E-state index < -0.39 is 30.2 Å². The highest BCUT2D eigenvalue weighted by Crippen LogP contribution is 2.53. The number of carbonyl (C=O) groups excluding carboxylic acids is 1. The van der Waals surface area contributed by atoms with Gasteiger partial charge in [0.05, 0.1) is 0 Å². The number of alkyl halides is 3. The van der Waals surface area contributed by atoms with Crippen molar-refractivity contribution < 1.29 is 27.1 Å². The number of nitrogens with two attached hydrogens (primary N) is 1. The highest BCUT2D eigenvalue weighted by Gasteiger charge is 2.60. The van der Waals surface area contributed by atoms with Gasteiger partial charge in [-0.1, -0.05) is 6.07 Å². The maximum Gasteiger partial charge on any atom is 0.283 e. The molecule has 158 valence electrons. The van der Waals surface area contributed by atoms with Crippen LogP contribution in [0.3, 0.4) is 0 Å². The highest BCUT2D eigenvalue weighted by molar-refractivity contribution is 5.97. The Balaban J connectivity index is 1.64. The third kappa shape index (κ3) is 3.42. The van der Waals surface area contributed by atoms with E-state index in [9.17, 15) is 22.4 Å². The van der Waals surface area contributed by atoms with Crippen molar-refractivity contribution in [1.82, 2.24) is 4.98 Å². The molecule has 0 saturated heterocycles. The van der Waals surface area contributed by atoms with Crippen molar-refractivity contribution in [2.75, 3.05) is 6.67 Å². The molecule has 1 fully saturated rings. The lowest BCUT2D eigenvalue weighted by molar-refractivity contribution is 0.0986. The van der Waals surface area contributed by atoms with Crippen molar-refractivity contribution in [3.05, 3.63) is 64.2 Å². The topological polar surface area (TPSA) is 77.6 Å². The number of halogens is 4. The molecule has 1 aliphatic carbocycles. The number of pyridine rings is 1. The van der Waals surface area contributed by atoms with Gasteiger partial charge in [-0.2, -0.15) is 0 Å². The third-order valence-electron chi connectivity index (χ3n) is 5.61. The summed E-state index contributed by atoms with van der Waals surface area (Å²) in [5.74, 6) is -1.40. The second kappa shape index (κ2) is 7.37. The first kappa shape index (κ1) is 20.3. The number of hydrogen-bond acceptors (Lipinski definition) is 5. The summed E-state index contributed by atoms with van der Waals surface area (Å²) >= 11 is 0. The van der Waals surface area contributed by atoms with E-state index in [1.807, 2.05) is 0 Å². The van der Waals surface area contributed by atoms with E-state index >= 15 is 0 Å². The third-order valence-corrected chi connectivity index (χ3v) is 5.61. The van der Waals surface area contributed by atoms with Crippen LogP contribution >= 0.6 is 0 Å². The normalized spacial score (nSPS) is 24.8. The minimum atomic E-state index is -2.68. The van der Waals surface area contributed by atoms with Crippen LogP contribution in [0.5, 0.6) is 0 Å². The van der Waals surface area contributed by atoms with Gasteiger partial charge in [-0.05, 0) is 42.7 Å². The van der Waals surface area contributed by atoms with Gasteiger partial charge in [0.25, 0.3) is 12.4 Å². The highest BCUT2D eigenvalue weighted by atomic mass is 19.3. The summed E-state index contributed by atoms with van der Waals surface area (Å²) in [6.07, 6.45) is -1.66. The van der Waals surface area contributed by atoms with Crippen LogP contribution in [0.15, 0.2) is 35.5 Å². The number of ketones is 1. The summed E-state index contributed by atoms with van der Waals surface area (Å²) in [7, 11) is 0. The zero-order valence-electron chi connectivity index (χ0n) is 16.0. The van der Waals surface area contributed by atoms with Gasteiger partial charge in [-0.25, -0.2) is 22.6 Å². The SMILES string of the molecule is Cc1cc(C(F)F)cnc1C(=O)Cc1ccc(F)c([C@@]2(CF)N=C(N)O[C@@H]3C[C@@H]32)c1. The predicted molar refractivity (Wildman–Crippen MR) is 101 cm³/mol. The molecule has 1 aliphatic heterocycles. The van der Waals surface area contributed by atoms with Crippen LogP contribution < -0.4 is 5.73 Å². The van der Waals surface area contributed by atoms with Crippen molar-refractivity contribution in [2.24, 2.45) is 16.6 Å². The number of aryl methyl sites for hydroxylation is 1. The fraction of sp³-hybridized carbons (Fsp3) is 0.381. The summed E-state index contributed by atoms with van der Waals surface area (Å²) in [6.45, 7) is 0.565. The van der Waals surface area contributed by atoms with Gasteiger partial charge in [-0.15, -0.1) is 0 Å². The first-order chi connectivity index (χ1) is 14.2. The van der Waals surface area contributed by atoms with Crippen molar-refractivity contribution in [1.29, 1.82) is 0 Å². The average molecular weight is 421 g/mol. The molecule has 3 atom stereocenters. The molecule has 0 spiro atoms. The molecule has 0 bridgehead atoms. The molecule has 2 N–H and O–H groups in total. The fourth-order valence-corrected chi connectivity index (χ4v) is 4.02. The molecule has 30 heavy (non-hydrogen) atoms. The molecule has 1 aromatic heterocycles. The molecule has 0 unspecified atom stereocenters. The van der Waals surface area contributed by atoms with Gasteiger partial charge in [-0.3, -0.25) is 9.78 Å². The van der Waals surface area contributed by atoms with Gasteiger partial charge in [0.15, 0.2) is 5.78 Å². The van der Waals surface area contributed by atoms with E-state index in [2.05, 4.69) is 9.98 Å². The molecular weight excluding hydrogens is 402 g/mol. The van der Waals surface area contributed by atoms with Gasteiger partial charge in [0.1, 0.15) is 29.8 Å². The number of benzene rings is 1. The van der Waals surface area contributed by atoms with Gasteiger partial charge in [0.2, 0.25) is 0 Å². The summed E-state index contributed by atoms with van der Waals surface area (Å²) in [6, 6.07) is 5.02. The number of ether oxygens (including phenoxy) is 1. The van der Waals surface area contributed by atoms with Crippen molar-refractivity contribution in [2.45, 2.75) is 37.8 Å². The molecule has 4 rings (SSSR count). The number of aromatic nitrogens is 1. The number of carbonyl (C=O) groups is 1. The molecular formula is C21H19F4N3O2. The zero-order valence-corrected chi connectivity index (χ0v) is 16.0. The molecule has 2 aliphatic rings. The summed E-state index contributed by atoms with van der Waals surface area (Å²) in [5.41, 5.74) is 4.73. The molecule has 9 heteroatoms. The van der Waals surface area contributed by atoms with E-state index in [-0.39, 0.29) is 41.3 Å². The van der Waals surface area contributed by atoms with Crippen LogP contribution in [0.4, 0.5) is 17.6 Å². The smallest absolute Gasteiger partial charge is 0.283 e. The van der Waals surface area contributed by atoms with Crippen LogP contribution in [0.1, 0.15) is 45.6 Å². The van der Waals surface area contributed by atoms with Gasteiger partial charge < -0.3 is 10.5 Å². The van der Waals surface area contributed by atoms with E-state index in [0.29, 0.717) is 17.5 Å². The Labute approximate surface area is 170 Å². The van der Waals surface area contributed by atoms with Crippen molar-refractivity contribution in [3.8, 4) is 0 Å². The number of hydrogen-bond donors (Lipinski definition) is 1. The van der Waals surface area contributed by atoms with Crippen LogP contribution in [0.25, 0.3) is 0 Å². The number of amidine groups is 1. The number of Topliss-reactive ketones (excluding diaryl/α,β-unsaturated/α-hetero) is 1. The lowest BCUT2D eigenvalue weighted by Crippen LogP contribution is -2.39. The van der Waals surface area contributed by atoms with Gasteiger partial charge >= 0.3 is 0 Å². The lowest BCUT2D eigenvalue weighted by atomic mass is 9.84. The minimum Gasteiger partial charge on any atom is -0.462 e. The summed E-state index contributed by atoms with van der Waals surface area (Å²) < 4.78 is 59.7. The Morgan fingerprint density at radius 1 is 1.37 bits per heavy atom. The van der Waals surface area contributed by atoms with Crippen LogP contribution in [0, 0.1) is 18.7 Å². The molecule has 0 radical (unpaired) electrons. The predicted octanol–water partition coefficient (Wildman–Crippen LogP) is 3.79. The maximum absolute atomic E-state index is 14.7. The quantitative estimate of drug-likeness (QED) is 0.569. The Morgan fingerprint density at radius 3 is 2.80 bits per heavy atom. The Hall–Kier alpha value is -2.97. The van der Waals surface area contributed by atoms with Crippen molar-refractivity contribution >= 4 is 11.8 Å². The summed E-state index contributed by atoms with van der Waals surface area (Å²) in [5, 5.41) is 0. The lowest BCUT2D eigenvalue weighted by Gasteiger charge is -2.31. The number of rotatable bonds is 6. The number of nitrogens with zero attached hydrogens (tertiary/aromatic N) is 2. The van der Waals surface area contributed by atoms with E-state index in [1.165, 1.54) is 25.1 Å². The molecule has 1 aromatic carbocycles. The van der Waals surface area contributed by atoms with E-state index in [0.717, 1.165) is 12.3 Å². The molecule has 2 aromatic rings. The second-order valence-electron chi connectivity index (χ2n) is 7.66. The average Bonchev–Trinajstić information content (AvgIpc) is 3.48. The zero-order chi connectivity index (χ0) is 21.6. The van der Waals surface area contributed by atoms with E-state index in [1.54, 1.807) is 0 Å². The Morgan fingerprint density at radius 2 is 2.13 bits per heavy atom. The maximum atomic E-state index is 14.7.